The van der Waals surface area contributed by atoms with E-state index in [1.807, 2.05) is 20.8 Å². The molecule has 2 aromatic rings. The number of aryl methyl sites for hydroxylation is 1. The number of carbonyl (C=O) groups excluding carboxylic acids is 3. The lowest BCUT2D eigenvalue weighted by Gasteiger charge is -2.25. The molecule has 0 aromatic heterocycles. The number of rotatable bonds is 10. The highest BCUT2D eigenvalue weighted by molar-refractivity contribution is 6.00. The topological polar surface area (TPSA) is 75.7 Å². The summed E-state index contributed by atoms with van der Waals surface area (Å²) in [4.78, 5) is 40.3. The van der Waals surface area contributed by atoms with Crippen molar-refractivity contribution in [1.82, 2.24) is 10.2 Å². The Balaban J connectivity index is 1.87. The molecule has 1 fully saturated rings. The first kappa shape index (κ1) is 27.3. The minimum Gasteiger partial charge on any atom is -0.460 e. The molecule has 1 N–H and O–H groups in total. The van der Waals surface area contributed by atoms with E-state index < -0.39 is 29.7 Å². The highest BCUT2D eigenvalue weighted by atomic mass is 19.1. The third kappa shape index (κ3) is 6.89. The number of amides is 2. The van der Waals surface area contributed by atoms with E-state index in [4.69, 9.17) is 4.74 Å². The number of benzene rings is 2. The smallest absolute Gasteiger partial charge is 0.309 e. The molecule has 6 nitrogen and oxygen atoms in total. The zero-order valence-electron chi connectivity index (χ0n) is 21.3. The predicted molar refractivity (Wildman–Crippen MR) is 133 cm³/mol. The molecule has 194 valence electrons. The summed E-state index contributed by atoms with van der Waals surface area (Å²) in [6, 6.07) is 7.46. The van der Waals surface area contributed by atoms with Gasteiger partial charge >= 0.3 is 5.97 Å². The lowest BCUT2D eigenvalue weighted by atomic mass is 9.95. The van der Waals surface area contributed by atoms with Crippen molar-refractivity contribution in [3.63, 3.8) is 0 Å². The van der Waals surface area contributed by atoms with Crippen molar-refractivity contribution in [3.8, 4) is 0 Å². The normalized spacial score (nSPS) is 18.0. The summed E-state index contributed by atoms with van der Waals surface area (Å²) in [6.45, 7) is 8.81. The van der Waals surface area contributed by atoms with Gasteiger partial charge in [-0.15, -0.1) is 0 Å². The Morgan fingerprint density at radius 3 is 2.19 bits per heavy atom. The van der Waals surface area contributed by atoms with Crippen molar-refractivity contribution in [1.29, 1.82) is 0 Å². The number of carbonyl (C=O) groups is 3. The van der Waals surface area contributed by atoms with Crippen molar-refractivity contribution in [2.24, 2.45) is 5.92 Å². The molecule has 3 atom stereocenters. The quantitative estimate of drug-likeness (QED) is 0.474. The molecule has 2 amide bonds. The lowest BCUT2D eigenvalue weighted by Crippen LogP contribution is -2.45. The van der Waals surface area contributed by atoms with Gasteiger partial charge in [0.25, 0.3) is 11.8 Å². The predicted octanol–water partition coefficient (Wildman–Crippen LogP) is 4.83. The molecule has 1 aliphatic heterocycles. The van der Waals surface area contributed by atoms with Crippen LogP contribution in [0.4, 0.5) is 8.78 Å². The van der Waals surface area contributed by atoms with Gasteiger partial charge in [-0.25, -0.2) is 8.78 Å². The summed E-state index contributed by atoms with van der Waals surface area (Å²) in [6.07, 6.45) is 1.46. The average Bonchev–Trinajstić information content (AvgIpc) is 3.15. The average molecular weight is 501 g/mol. The van der Waals surface area contributed by atoms with Crippen LogP contribution in [0.15, 0.2) is 36.4 Å². The number of halogens is 2. The minimum atomic E-state index is -0.725. The Kier molecular flexibility index (Phi) is 9.18. The third-order valence-corrected chi connectivity index (χ3v) is 6.26. The third-order valence-electron chi connectivity index (χ3n) is 6.26. The molecule has 0 radical (unpaired) electrons. The van der Waals surface area contributed by atoms with Gasteiger partial charge in [-0.2, -0.15) is 0 Å². The van der Waals surface area contributed by atoms with Gasteiger partial charge in [0, 0.05) is 30.3 Å². The van der Waals surface area contributed by atoms with E-state index in [1.165, 1.54) is 12.1 Å². The second-order valence-corrected chi connectivity index (χ2v) is 9.55. The monoisotopic (exact) mass is 500 g/mol. The largest absolute Gasteiger partial charge is 0.460 e. The van der Waals surface area contributed by atoms with Gasteiger partial charge < -0.3 is 15.0 Å². The fraction of sp³-hybridized carbons (Fsp3) is 0.464. The van der Waals surface area contributed by atoms with Crippen LogP contribution in [0, 0.1) is 24.5 Å². The molecule has 0 unspecified atom stereocenters. The number of nitrogens with one attached hydrogen (secondary N) is 1. The van der Waals surface area contributed by atoms with E-state index in [9.17, 15) is 23.2 Å². The SMILES string of the molecule is CCCN(CCC)C(=O)c1cc(C)cc(C(=O)N[C@@H](Cc2cc(F)cc(F)c2)[C@@H]2C[C@H](C)C(=O)O2)c1. The molecule has 0 saturated carbocycles. The van der Waals surface area contributed by atoms with Crippen molar-refractivity contribution in [2.45, 2.75) is 65.5 Å². The van der Waals surface area contributed by atoms with Gasteiger partial charge in [-0.1, -0.05) is 20.8 Å². The molecular formula is C28H34F2N2O4. The van der Waals surface area contributed by atoms with E-state index in [0.29, 0.717) is 36.2 Å². The van der Waals surface area contributed by atoms with Gasteiger partial charge in [0.1, 0.15) is 17.7 Å². The van der Waals surface area contributed by atoms with Crippen molar-refractivity contribution in [3.05, 3.63) is 70.3 Å². The summed E-state index contributed by atoms with van der Waals surface area (Å²) in [5.41, 5.74) is 1.80. The standard InChI is InChI=1S/C28H34F2N2O4/c1-5-7-32(8-6-2)27(34)21-10-17(3)9-20(15-21)26(33)31-24(25-11-18(4)28(35)36-25)14-19-12-22(29)16-23(30)13-19/h9-10,12-13,15-16,18,24-25H,5-8,11,14H2,1-4H3,(H,31,33)/t18-,24-,25-/m0/s1. The summed E-state index contributed by atoms with van der Waals surface area (Å²) in [5.74, 6) is -2.76. The Bertz CT molecular complexity index is 1090. The lowest BCUT2D eigenvalue weighted by molar-refractivity contribution is -0.144. The first-order valence-electron chi connectivity index (χ1n) is 12.5. The molecule has 8 heteroatoms. The van der Waals surface area contributed by atoms with Gasteiger partial charge in [-0.05, 0) is 74.1 Å². The highest BCUT2D eigenvalue weighted by Gasteiger charge is 2.37. The second kappa shape index (κ2) is 12.1. The first-order chi connectivity index (χ1) is 17.1. The molecule has 36 heavy (non-hydrogen) atoms. The van der Waals surface area contributed by atoms with E-state index in [1.54, 1.807) is 30.0 Å². The molecular weight excluding hydrogens is 466 g/mol. The Hall–Kier alpha value is -3.29. The van der Waals surface area contributed by atoms with E-state index in [2.05, 4.69) is 5.32 Å². The summed E-state index contributed by atoms with van der Waals surface area (Å²) < 4.78 is 33.1. The van der Waals surface area contributed by atoms with Crippen LogP contribution in [0.5, 0.6) is 0 Å². The minimum absolute atomic E-state index is 0.0729. The number of hydrogen-bond donors (Lipinski definition) is 1. The molecule has 0 bridgehead atoms. The van der Waals surface area contributed by atoms with Gasteiger partial charge in [0.15, 0.2) is 0 Å². The van der Waals surface area contributed by atoms with Crippen LogP contribution in [0.2, 0.25) is 0 Å². The Labute approximate surface area is 211 Å². The molecule has 0 aliphatic carbocycles. The molecule has 1 saturated heterocycles. The molecule has 2 aromatic carbocycles. The van der Waals surface area contributed by atoms with Crippen molar-refractivity contribution >= 4 is 17.8 Å². The van der Waals surface area contributed by atoms with Crippen LogP contribution in [-0.4, -0.2) is 47.9 Å². The number of cyclic esters (lactones) is 1. The highest BCUT2D eigenvalue weighted by Crippen LogP contribution is 2.25. The second-order valence-electron chi connectivity index (χ2n) is 9.55. The summed E-state index contributed by atoms with van der Waals surface area (Å²) >= 11 is 0. The van der Waals surface area contributed by atoms with Gasteiger partial charge in [-0.3, -0.25) is 14.4 Å². The van der Waals surface area contributed by atoms with Crippen LogP contribution in [-0.2, 0) is 16.0 Å². The van der Waals surface area contributed by atoms with Crippen LogP contribution in [0.3, 0.4) is 0 Å². The van der Waals surface area contributed by atoms with E-state index in [0.717, 1.165) is 24.5 Å². The van der Waals surface area contributed by atoms with E-state index in [-0.39, 0.29) is 24.2 Å². The fourth-order valence-corrected chi connectivity index (χ4v) is 4.59. The number of nitrogens with zero attached hydrogens (tertiary/aromatic N) is 1. The number of ether oxygens (including phenoxy) is 1. The first-order valence-corrected chi connectivity index (χ1v) is 12.5. The number of esters is 1. The summed E-state index contributed by atoms with van der Waals surface area (Å²) in [5, 5.41) is 2.89. The Morgan fingerprint density at radius 2 is 1.64 bits per heavy atom. The molecule has 0 spiro atoms. The van der Waals surface area contributed by atoms with Crippen LogP contribution < -0.4 is 5.32 Å². The van der Waals surface area contributed by atoms with Gasteiger partial charge in [0.2, 0.25) is 0 Å². The van der Waals surface area contributed by atoms with E-state index >= 15 is 0 Å². The van der Waals surface area contributed by atoms with Crippen molar-refractivity contribution < 1.29 is 27.9 Å². The van der Waals surface area contributed by atoms with Gasteiger partial charge in [0.05, 0.1) is 12.0 Å². The molecule has 3 rings (SSSR count). The maximum Gasteiger partial charge on any atom is 0.309 e. The molecule has 1 aliphatic rings. The molecule has 1 heterocycles. The zero-order valence-corrected chi connectivity index (χ0v) is 21.3. The maximum atomic E-state index is 13.8. The fourth-order valence-electron chi connectivity index (χ4n) is 4.59. The van der Waals surface area contributed by atoms with Crippen LogP contribution >= 0.6 is 0 Å². The summed E-state index contributed by atoms with van der Waals surface area (Å²) in [7, 11) is 0. The van der Waals surface area contributed by atoms with Crippen LogP contribution in [0.1, 0.15) is 71.9 Å². The van der Waals surface area contributed by atoms with Crippen LogP contribution in [0.25, 0.3) is 0 Å². The zero-order chi connectivity index (χ0) is 26.4. The number of hydrogen-bond acceptors (Lipinski definition) is 4. The maximum absolute atomic E-state index is 13.8. The van der Waals surface area contributed by atoms with Crippen molar-refractivity contribution in [2.75, 3.05) is 13.1 Å². The Morgan fingerprint density at radius 1 is 1.03 bits per heavy atom.